The Kier molecular flexibility index (Phi) is 21.8. The molecule has 4 aromatic carbocycles. The average Bonchev–Trinajstić information content (AvgIpc) is 2.95. The van der Waals surface area contributed by atoms with Crippen LogP contribution in [0.5, 0.6) is 0 Å². The van der Waals surface area contributed by atoms with Crippen LogP contribution in [0.3, 0.4) is 0 Å². The Labute approximate surface area is 225 Å². The first kappa shape index (κ1) is 34.6. The lowest BCUT2D eigenvalue weighted by Crippen LogP contribution is -1.97. The highest BCUT2D eigenvalue weighted by atomic mass is 16.4. The minimum Gasteiger partial charge on any atom is -0.429 e. The summed E-state index contributed by atoms with van der Waals surface area (Å²) >= 11 is 0. The van der Waals surface area contributed by atoms with Crippen LogP contribution in [-0.4, -0.2) is 70.9 Å². The second-order valence-electron chi connectivity index (χ2n) is 6.68. The highest BCUT2D eigenvalue weighted by molar-refractivity contribution is 6.14. The quantitative estimate of drug-likeness (QED) is 0.147. The molecule has 0 saturated heterocycles. The van der Waals surface area contributed by atoms with Gasteiger partial charge in [0, 0.05) is 0 Å². The number of hydrogen-bond acceptors (Lipinski definition) is 8. The van der Waals surface area contributed by atoms with Gasteiger partial charge in [0.25, 0.3) is 0 Å². The summed E-state index contributed by atoms with van der Waals surface area (Å²) in [4.78, 5) is 0. The van der Waals surface area contributed by atoms with Crippen molar-refractivity contribution in [3.63, 3.8) is 0 Å². The zero-order valence-corrected chi connectivity index (χ0v) is 20.4. The second-order valence-corrected chi connectivity index (χ2v) is 6.68. The van der Waals surface area contributed by atoms with Crippen molar-refractivity contribution in [3.8, 4) is 0 Å². The van der Waals surface area contributed by atoms with Crippen molar-refractivity contribution in [2.75, 3.05) is 0 Å². The highest BCUT2D eigenvalue weighted by Crippen LogP contribution is 2.36. The van der Waals surface area contributed by atoms with Crippen LogP contribution in [0.1, 0.15) is 22.3 Å². The molecule has 0 aliphatic rings. The minimum absolute atomic E-state index is 0. The van der Waals surface area contributed by atoms with E-state index in [9.17, 15) is 0 Å². The van der Waals surface area contributed by atoms with E-state index in [4.69, 9.17) is 40.2 Å². The van der Waals surface area contributed by atoms with Gasteiger partial charge >= 0.3 is 30.7 Å². The minimum atomic E-state index is 0. The lowest BCUT2D eigenvalue weighted by atomic mass is 9.86. The van der Waals surface area contributed by atoms with Crippen LogP contribution in [0.15, 0.2) is 121 Å². The van der Waals surface area contributed by atoms with E-state index in [1.54, 1.807) is 0 Å². The highest BCUT2D eigenvalue weighted by Gasteiger charge is 2.15. The molecule has 8 nitrogen and oxygen atoms in total. The predicted molar refractivity (Wildman–Crippen MR) is 152 cm³/mol. The Hall–Kier alpha value is -3.44. The van der Waals surface area contributed by atoms with Crippen molar-refractivity contribution in [1.29, 1.82) is 0 Å². The van der Waals surface area contributed by atoms with E-state index in [1.807, 2.05) is 0 Å². The Bertz CT molecular complexity index is 915. The summed E-state index contributed by atoms with van der Waals surface area (Å²) in [6, 6.07) is 42.6. The van der Waals surface area contributed by atoms with Crippen molar-refractivity contribution in [1.82, 2.24) is 0 Å². The van der Waals surface area contributed by atoms with Gasteiger partial charge in [-0.15, -0.1) is 0 Å². The number of hydrogen-bond donors (Lipinski definition) is 8. The lowest BCUT2D eigenvalue weighted by molar-refractivity contribution is 0.447. The van der Waals surface area contributed by atoms with E-state index in [1.165, 1.54) is 33.4 Å². The molecule has 0 spiro atoms. The fraction of sp³-hybridized carbons (Fsp3) is 0. The molecule has 0 aromatic heterocycles. The first-order chi connectivity index (χ1) is 18.6. The predicted octanol–water partition coefficient (Wildman–Crippen LogP) is 0.715. The number of rotatable bonds is 4. The SMILES string of the molecule is O[B]O.O[B]O.O[B]O.O[B]O.c1ccc(C(=C(c2ccccc2)c2ccccc2)c2ccccc2)cc1. The van der Waals surface area contributed by atoms with Crippen LogP contribution in [0.2, 0.25) is 0 Å². The average molecular weight is 512 g/mol. The maximum absolute atomic E-state index is 7.00. The smallest absolute Gasteiger partial charge is 0.429 e. The molecule has 12 heteroatoms. The largest absolute Gasteiger partial charge is 0.482 e. The van der Waals surface area contributed by atoms with E-state index in [0.29, 0.717) is 0 Å². The van der Waals surface area contributed by atoms with Gasteiger partial charge in [0.1, 0.15) is 0 Å². The van der Waals surface area contributed by atoms with Crippen molar-refractivity contribution in [2.45, 2.75) is 0 Å². The summed E-state index contributed by atoms with van der Waals surface area (Å²) in [5, 5.41) is 56.0. The fourth-order valence-electron chi connectivity index (χ4n) is 3.33. The molecule has 4 rings (SSSR count). The molecule has 0 atom stereocenters. The van der Waals surface area contributed by atoms with E-state index in [2.05, 4.69) is 121 Å². The summed E-state index contributed by atoms with van der Waals surface area (Å²) in [6.07, 6.45) is 0. The summed E-state index contributed by atoms with van der Waals surface area (Å²) in [6.45, 7) is 0. The van der Waals surface area contributed by atoms with Crippen molar-refractivity contribution in [3.05, 3.63) is 144 Å². The van der Waals surface area contributed by atoms with Gasteiger partial charge in [0.15, 0.2) is 0 Å². The van der Waals surface area contributed by atoms with E-state index in [-0.39, 0.29) is 30.7 Å². The van der Waals surface area contributed by atoms with Crippen LogP contribution in [0, 0.1) is 0 Å². The maximum atomic E-state index is 7.00. The molecule has 0 amide bonds. The third kappa shape index (κ3) is 13.8. The first-order valence-electron chi connectivity index (χ1n) is 11.0. The third-order valence-electron chi connectivity index (χ3n) is 4.50. The van der Waals surface area contributed by atoms with Gasteiger partial charge in [-0.1, -0.05) is 121 Å². The Morgan fingerprint density at radius 2 is 0.421 bits per heavy atom. The molecule has 192 valence electrons. The summed E-state index contributed by atoms with van der Waals surface area (Å²) in [7, 11) is 0. The molecule has 0 saturated carbocycles. The molecular weight excluding hydrogens is 484 g/mol. The van der Waals surface area contributed by atoms with Crippen LogP contribution in [0.4, 0.5) is 0 Å². The summed E-state index contributed by atoms with van der Waals surface area (Å²) in [5.41, 5.74) is 7.40. The monoisotopic (exact) mass is 512 g/mol. The van der Waals surface area contributed by atoms with Gasteiger partial charge in [0.2, 0.25) is 0 Å². The summed E-state index contributed by atoms with van der Waals surface area (Å²) in [5.74, 6) is 0. The molecule has 8 N–H and O–H groups in total. The van der Waals surface area contributed by atoms with E-state index >= 15 is 0 Å². The van der Waals surface area contributed by atoms with Gasteiger partial charge in [-0.3, -0.25) is 0 Å². The molecule has 0 aliphatic heterocycles. The van der Waals surface area contributed by atoms with Crippen LogP contribution in [0.25, 0.3) is 11.1 Å². The Balaban J connectivity index is 0.000000979. The lowest BCUT2D eigenvalue weighted by Gasteiger charge is -2.18. The zero-order valence-electron chi connectivity index (χ0n) is 20.4. The first-order valence-corrected chi connectivity index (χ1v) is 11.0. The van der Waals surface area contributed by atoms with Gasteiger partial charge in [-0.05, 0) is 33.4 Å². The van der Waals surface area contributed by atoms with Crippen molar-refractivity contribution in [2.24, 2.45) is 0 Å². The Morgan fingerprint density at radius 3 is 0.553 bits per heavy atom. The second kappa shape index (κ2) is 23.9. The normalized spacial score (nSPS) is 8.53. The molecular formula is C26H28B4O8. The van der Waals surface area contributed by atoms with Crippen LogP contribution >= 0.6 is 0 Å². The van der Waals surface area contributed by atoms with Crippen molar-refractivity contribution >= 4 is 41.9 Å². The maximum Gasteiger partial charge on any atom is 0.482 e. The zero-order chi connectivity index (χ0) is 28.4. The third-order valence-corrected chi connectivity index (χ3v) is 4.50. The molecule has 0 bridgehead atoms. The molecule has 4 radical (unpaired) electrons. The fourth-order valence-corrected chi connectivity index (χ4v) is 3.33. The molecule has 4 aromatic rings. The molecule has 0 fully saturated rings. The van der Waals surface area contributed by atoms with E-state index < -0.39 is 0 Å². The van der Waals surface area contributed by atoms with Crippen LogP contribution < -0.4 is 0 Å². The molecule has 0 unspecified atom stereocenters. The molecule has 38 heavy (non-hydrogen) atoms. The Morgan fingerprint density at radius 1 is 0.289 bits per heavy atom. The topological polar surface area (TPSA) is 162 Å². The van der Waals surface area contributed by atoms with Gasteiger partial charge in [-0.2, -0.15) is 0 Å². The number of benzene rings is 4. The van der Waals surface area contributed by atoms with Crippen molar-refractivity contribution < 1.29 is 40.2 Å². The summed E-state index contributed by atoms with van der Waals surface area (Å²) < 4.78 is 0. The standard InChI is InChI=1S/C26H20.4BH2O2/c1-5-13-21(14-6-1)25(22-15-7-2-8-16-22)26(23-17-9-3-10-18-23)24-19-11-4-12-20-24;4*2-1-3/h1-20H;4*2-3H. The van der Waals surface area contributed by atoms with Crippen LogP contribution in [-0.2, 0) is 0 Å². The van der Waals surface area contributed by atoms with E-state index in [0.717, 1.165) is 0 Å². The van der Waals surface area contributed by atoms with Gasteiger partial charge in [-0.25, -0.2) is 0 Å². The molecule has 0 aliphatic carbocycles. The van der Waals surface area contributed by atoms with Gasteiger partial charge in [0.05, 0.1) is 0 Å². The molecule has 0 heterocycles. The van der Waals surface area contributed by atoms with Gasteiger partial charge < -0.3 is 40.2 Å².